The van der Waals surface area contributed by atoms with Crippen molar-refractivity contribution in [1.82, 2.24) is 0 Å². The highest BCUT2D eigenvalue weighted by atomic mass is 35.5. The fraction of sp³-hybridized carbons (Fsp3) is 0. The third-order valence-electron chi connectivity index (χ3n) is 1.85. The van der Waals surface area contributed by atoms with Gasteiger partial charge in [-0.25, -0.2) is 9.13 Å². The van der Waals surface area contributed by atoms with Crippen molar-refractivity contribution in [2.75, 3.05) is 0 Å². The molecule has 0 saturated carbocycles. The van der Waals surface area contributed by atoms with E-state index in [0.29, 0.717) is 0 Å². The number of rotatable bonds is 2. The summed E-state index contributed by atoms with van der Waals surface area (Å²) in [5, 5.41) is 21.8. The van der Waals surface area contributed by atoms with Gasteiger partial charge < -0.3 is 35.2 Å². The average molecular weight is 317 g/mol. The summed E-state index contributed by atoms with van der Waals surface area (Å²) in [6, 6.07) is 11.2. The minimum absolute atomic E-state index is 0. The predicted molar refractivity (Wildman–Crippen MR) is 64.6 cm³/mol. The lowest BCUT2D eigenvalue weighted by Gasteiger charge is -1.82. The molecule has 8 heteroatoms. The molecule has 0 unspecified atom stereocenters. The van der Waals surface area contributed by atoms with Gasteiger partial charge >= 0.3 is 12.7 Å². The van der Waals surface area contributed by atoms with Gasteiger partial charge in [-0.3, -0.25) is 0 Å². The van der Waals surface area contributed by atoms with Crippen molar-refractivity contribution in [1.29, 1.82) is 0 Å². The molecule has 0 spiro atoms. The maximum atomic E-state index is 8.07. The van der Waals surface area contributed by atoms with Crippen molar-refractivity contribution in [3.8, 4) is 0 Å². The van der Waals surface area contributed by atoms with Crippen molar-refractivity contribution in [3.05, 3.63) is 61.2 Å². The van der Waals surface area contributed by atoms with E-state index in [1.165, 1.54) is 12.7 Å². The summed E-state index contributed by atoms with van der Waals surface area (Å²) >= 11 is 0. The van der Waals surface area contributed by atoms with Crippen molar-refractivity contribution >= 4 is 12.7 Å². The summed E-state index contributed by atoms with van der Waals surface area (Å²) in [5.74, 6) is 0. The molecule has 2 rings (SSSR count). The minimum Gasteiger partial charge on any atom is -1.00 e. The van der Waals surface area contributed by atoms with Gasteiger partial charge in [-0.2, -0.15) is 0 Å². The Labute approximate surface area is 129 Å². The smallest absolute Gasteiger partial charge is 0.338 e. The zero-order valence-electron chi connectivity index (χ0n) is 10.4. The Morgan fingerprint density at radius 2 is 0.900 bits per heavy atom. The third kappa shape index (κ3) is 8.84. The fourth-order valence-electron chi connectivity index (χ4n) is 1.10. The van der Waals surface area contributed by atoms with E-state index in [0.717, 1.165) is 0 Å². The van der Waals surface area contributed by atoms with Gasteiger partial charge in [-0.15, -0.1) is 0 Å². The highest BCUT2D eigenvalue weighted by molar-refractivity contribution is 5.41. The van der Waals surface area contributed by atoms with Crippen LogP contribution in [0, 0.1) is 0 Å². The van der Waals surface area contributed by atoms with Crippen molar-refractivity contribution in [2.24, 2.45) is 10.3 Å². The van der Waals surface area contributed by atoms with Gasteiger partial charge in [-0.1, -0.05) is 12.1 Å². The van der Waals surface area contributed by atoms with Crippen molar-refractivity contribution < 1.29 is 44.4 Å². The van der Waals surface area contributed by atoms with E-state index in [1.807, 2.05) is 36.4 Å². The van der Waals surface area contributed by atoms with Crippen LogP contribution < -0.4 is 33.9 Å². The Morgan fingerprint density at radius 1 is 0.600 bits per heavy atom. The molecule has 108 valence electrons. The molecule has 20 heavy (non-hydrogen) atoms. The molecule has 2 heterocycles. The Balaban J connectivity index is 0. The summed E-state index contributed by atoms with van der Waals surface area (Å²) < 4.78 is 3.28. The number of nitrogens with zero attached hydrogens (tertiary/aromatic N) is 4. The molecule has 2 aromatic rings. The van der Waals surface area contributed by atoms with E-state index >= 15 is 0 Å². The van der Waals surface area contributed by atoms with E-state index in [1.54, 1.807) is 33.9 Å². The van der Waals surface area contributed by atoms with Gasteiger partial charge in [0.25, 0.3) is 0 Å². The molecule has 0 aromatic carbocycles. The molecule has 0 saturated heterocycles. The molecule has 2 aromatic heterocycles. The van der Waals surface area contributed by atoms with Gasteiger partial charge in [0, 0.05) is 0 Å². The zero-order valence-corrected chi connectivity index (χ0v) is 11.9. The zero-order chi connectivity index (χ0) is 13.1. The molecular formula is C12H14Cl2N4O2. The number of aromatic nitrogens is 2. The van der Waals surface area contributed by atoms with Crippen LogP contribution in [0.4, 0.5) is 0 Å². The van der Waals surface area contributed by atoms with Crippen LogP contribution in [-0.2, 0) is 0 Å². The molecular weight excluding hydrogens is 303 g/mol. The van der Waals surface area contributed by atoms with Crippen LogP contribution in [0.2, 0.25) is 0 Å². The van der Waals surface area contributed by atoms with Crippen LogP contribution >= 0.6 is 0 Å². The highest BCUT2D eigenvalue weighted by Crippen LogP contribution is 1.73. The molecule has 2 N–H and O–H groups in total. The Kier molecular flexibility index (Phi) is 13.4. The van der Waals surface area contributed by atoms with Gasteiger partial charge in [0.1, 0.15) is 10.3 Å². The van der Waals surface area contributed by atoms with Crippen LogP contribution in [0.1, 0.15) is 0 Å². The normalized spacial score (nSPS) is 9.20. The van der Waals surface area contributed by atoms with E-state index in [4.69, 9.17) is 10.4 Å². The lowest BCUT2D eigenvalue weighted by Crippen LogP contribution is -3.00. The largest absolute Gasteiger partial charge is 1.00 e. The monoisotopic (exact) mass is 316 g/mol. The highest BCUT2D eigenvalue weighted by Gasteiger charge is 1.85. The molecule has 0 radical (unpaired) electrons. The number of pyridine rings is 2. The first-order chi connectivity index (χ1) is 8.86. The van der Waals surface area contributed by atoms with E-state index in [-0.39, 0.29) is 24.8 Å². The van der Waals surface area contributed by atoms with Gasteiger partial charge in [0.15, 0.2) is 0 Å². The first-order valence-corrected chi connectivity index (χ1v) is 5.13. The lowest BCUT2D eigenvalue weighted by atomic mass is 10.5. The van der Waals surface area contributed by atoms with Crippen molar-refractivity contribution in [3.63, 3.8) is 0 Å². The number of hydrogen-bond acceptors (Lipinski definition) is 4. The maximum Gasteiger partial charge on any atom is 0.338 e. The minimum atomic E-state index is 0. The summed E-state index contributed by atoms with van der Waals surface area (Å²) in [7, 11) is 0. The van der Waals surface area contributed by atoms with Crippen LogP contribution in [0.15, 0.2) is 71.5 Å². The Bertz CT molecular complexity index is 448. The second-order valence-corrected chi connectivity index (χ2v) is 3.11. The predicted octanol–water partition coefficient (Wildman–Crippen LogP) is -5.51. The summed E-state index contributed by atoms with van der Waals surface area (Å²) in [5.41, 5.74) is 0. The van der Waals surface area contributed by atoms with Crippen LogP contribution in [0.5, 0.6) is 0 Å². The first kappa shape index (κ1) is 20.1. The Hall–Kier alpha value is -2.18. The van der Waals surface area contributed by atoms with Gasteiger partial charge in [-0.05, 0) is 24.3 Å². The number of hydrogen-bond donors (Lipinski definition) is 2. The van der Waals surface area contributed by atoms with Crippen LogP contribution in [-0.4, -0.2) is 23.1 Å². The maximum absolute atomic E-state index is 8.07. The van der Waals surface area contributed by atoms with E-state index < -0.39 is 0 Å². The topological polar surface area (TPSA) is 72.9 Å². The van der Waals surface area contributed by atoms with E-state index in [9.17, 15) is 0 Å². The molecule has 6 nitrogen and oxygen atoms in total. The van der Waals surface area contributed by atoms with Gasteiger partial charge in [0.2, 0.25) is 0 Å². The van der Waals surface area contributed by atoms with Crippen LogP contribution in [0.25, 0.3) is 0 Å². The molecule has 0 aliphatic carbocycles. The molecule has 0 fully saturated rings. The van der Waals surface area contributed by atoms with Gasteiger partial charge in [0.05, 0.1) is 24.8 Å². The standard InChI is InChI=1S/2C6H6N2O.2ClH/c2*9-7-6-8-4-2-1-3-5-8;;/h2*1-6H;2*1H. The Morgan fingerprint density at radius 3 is 1.15 bits per heavy atom. The average Bonchev–Trinajstić information content (AvgIpc) is 2.43. The fourth-order valence-corrected chi connectivity index (χ4v) is 1.10. The summed E-state index contributed by atoms with van der Waals surface area (Å²) in [6.07, 6.45) is 9.72. The molecule has 0 bridgehead atoms. The summed E-state index contributed by atoms with van der Waals surface area (Å²) in [4.78, 5) is 0. The quantitative estimate of drug-likeness (QED) is 0.191. The van der Waals surface area contributed by atoms with E-state index in [2.05, 4.69) is 10.3 Å². The molecule has 0 aliphatic heterocycles. The third-order valence-corrected chi connectivity index (χ3v) is 1.85. The van der Waals surface area contributed by atoms with Crippen molar-refractivity contribution in [2.45, 2.75) is 0 Å². The van der Waals surface area contributed by atoms with Crippen LogP contribution in [0.3, 0.4) is 0 Å². The SMILES string of the molecule is ON=C[n+]1ccccc1.ON=C[n+]1ccccc1.[Cl-].[Cl-]. The first-order valence-electron chi connectivity index (χ1n) is 5.13. The number of oxime groups is 2. The molecule has 0 aliphatic rings. The summed E-state index contributed by atoms with van der Waals surface area (Å²) in [6.45, 7) is 0. The lowest BCUT2D eigenvalue weighted by molar-refractivity contribution is -0.547. The second kappa shape index (κ2) is 13.3. The molecule has 0 amide bonds. The number of halogens is 2. The molecule has 0 atom stereocenters. The second-order valence-electron chi connectivity index (χ2n) is 3.11.